The zero-order valence-corrected chi connectivity index (χ0v) is 8.50. The molecule has 0 unspecified atom stereocenters. The minimum Gasteiger partial charge on any atom is -0.409 e. The Morgan fingerprint density at radius 3 is 3.00 bits per heavy atom. The minimum absolute atomic E-state index is 0.0415. The van der Waals surface area contributed by atoms with Gasteiger partial charge in [0.15, 0.2) is 0 Å². The first-order valence-corrected chi connectivity index (χ1v) is 5.17. The first-order valence-electron chi connectivity index (χ1n) is 5.17. The highest BCUT2D eigenvalue weighted by molar-refractivity contribution is 5.93. The maximum absolute atomic E-state index is 8.46. The van der Waals surface area contributed by atoms with E-state index in [2.05, 4.69) is 15.2 Å². The SMILES string of the molecule is NC(=NO)c1ncn(CC2CCCC2)n1. The maximum atomic E-state index is 8.46. The normalized spacial score (nSPS) is 18.5. The lowest BCUT2D eigenvalue weighted by Crippen LogP contribution is -2.16. The second-order valence-electron chi connectivity index (χ2n) is 3.93. The van der Waals surface area contributed by atoms with Gasteiger partial charge in [-0.05, 0) is 18.8 Å². The summed E-state index contributed by atoms with van der Waals surface area (Å²) in [4.78, 5) is 3.97. The van der Waals surface area contributed by atoms with Gasteiger partial charge in [0.1, 0.15) is 6.33 Å². The van der Waals surface area contributed by atoms with Crippen molar-refractivity contribution >= 4 is 5.84 Å². The fourth-order valence-corrected chi connectivity index (χ4v) is 2.00. The van der Waals surface area contributed by atoms with Gasteiger partial charge in [0.25, 0.3) is 0 Å². The summed E-state index contributed by atoms with van der Waals surface area (Å²) in [6, 6.07) is 0. The number of rotatable bonds is 3. The van der Waals surface area contributed by atoms with Gasteiger partial charge < -0.3 is 10.9 Å². The van der Waals surface area contributed by atoms with Crippen LogP contribution in [0.25, 0.3) is 0 Å². The second kappa shape index (κ2) is 4.29. The van der Waals surface area contributed by atoms with Crippen LogP contribution in [-0.4, -0.2) is 25.8 Å². The fourth-order valence-electron chi connectivity index (χ4n) is 2.00. The Morgan fingerprint density at radius 2 is 2.33 bits per heavy atom. The number of nitrogens with two attached hydrogens (primary N) is 1. The number of amidine groups is 1. The van der Waals surface area contributed by atoms with E-state index in [0.29, 0.717) is 5.92 Å². The van der Waals surface area contributed by atoms with Gasteiger partial charge in [0, 0.05) is 6.54 Å². The molecule has 0 saturated heterocycles. The molecule has 15 heavy (non-hydrogen) atoms. The number of hydrogen-bond acceptors (Lipinski definition) is 4. The van der Waals surface area contributed by atoms with Crippen molar-refractivity contribution in [3.8, 4) is 0 Å². The topological polar surface area (TPSA) is 89.3 Å². The van der Waals surface area contributed by atoms with E-state index in [1.54, 1.807) is 11.0 Å². The van der Waals surface area contributed by atoms with E-state index in [1.807, 2.05) is 0 Å². The summed E-state index contributed by atoms with van der Waals surface area (Å²) in [5.74, 6) is 0.947. The Kier molecular flexibility index (Phi) is 2.84. The molecule has 6 nitrogen and oxygen atoms in total. The Morgan fingerprint density at radius 1 is 1.60 bits per heavy atom. The van der Waals surface area contributed by atoms with E-state index in [1.165, 1.54) is 25.7 Å². The molecule has 3 N–H and O–H groups in total. The highest BCUT2D eigenvalue weighted by Crippen LogP contribution is 2.25. The van der Waals surface area contributed by atoms with Gasteiger partial charge in [-0.1, -0.05) is 18.0 Å². The summed E-state index contributed by atoms with van der Waals surface area (Å²) in [6.45, 7) is 0.881. The molecule has 0 radical (unpaired) electrons. The van der Waals surface area contributed by atoms with Gasteiger partial charge in [-0.15, -0.1) is 5.10 Å². The molecule has 1 heterocycles. The molecule has 1 aromatic heterocycles. The zero-order chi connectivity index (χ0) is 10.7. The van der Waals surface area contributed by atoms with Crippen LogP contribution in [0.5, 0.6) is 0 Å². The molecule has 1 aliphatic rings. The summed E-state index contributed by atoms with van der Waals surface area (Å²) in [7, 11) is 0. The standard InChI is InChI=1S/C9H15N5O/c10-8(13-15)9-11-6-14(12-9)5-7-3-1-2-4-7/h6-7,15H,1-5H2,(H2,10,13). The molecule has 1 aromatic rings. The lowest BCUT2D eigenvalue weighted by atomic mass is 10.1. The third-order valence-corrected chi connectivity index (χ3v) is 2.79. The largest absolute Gasteiger partial charge is 0.409 e. The van der Waals surface area contributed by atoms with Gasteiger partial charge in [0.2, 0.25) is 11.7 Å². The summed E-state index contributed by atoms with van der Waals surface area (Å²) < 4.78 is 1.77. The summed E-state index contributed by atoms with van der Waals surface area (Å²) >= 11 is 0. The molecule has 82 valence electrons. The summed E-state index contributed by atoms with van der Waals surface area (Å²) in [6.07, 6.45) is 6.78. The Balaban J connectivity index is 2.00. The number of aromatic nitrogens is 3. The lowest BCUT2D eigenvalue weighted by Gasteiger charge is -2.07. The number of oxime groups is 1. The fraction of sp³-hybridized carbons (Fsp3) is 0.667. The van der Waals surface area contributed by atoms with E-state index in [9.17, 15) is 0 Å². The smallest absolute Gasteiger partial charge is 0.219 e. The molecule has 0 atom stereocenters. The first kappa shape index (κ1) is 9.95. The molecule has 1 aliphatic carbocycles. The van der Waals surface area contributed by atoms with Crippen molar-refractivity contribution in [2.75, 3.05) is 0 Å². The molecule has 0 amide bonds. The van der Waals surface area contributed by atoms with Crippen molar-refractivity contribution < 1.29 is 5.21 Å². The van der Waals surface area contributed by atoms with Crippen LogP contribution in [0, 0.1) is 5.92 Å². The van der Waals surface area contributed by atoms with Crippen LogP contribution < -0.4 is 5.73 Å². The molecule has 0 aromatic carbocycles. The second-order valence-corrected chi connectivity index (χ2v) is 3.93. The van der Waals surface area contributed by atoms with E-state index in [4.69, 9.17) is 10.9 Å². The first-order chi connectivity index (χ1) is 7.29. The molecule has 0 bridgehead atoms. The van der Waals surface area contributed by atoms with Crippen LogP contribution in [0.3, 0.4) is 0 Å². The minimum atomic E-state index is -0.0415. The molecular formula is C9H15N5O. The highest BCUT2D eigenvalue weighted by Gasteiger charge is 2.16. The van der Waals surface area contributed by atoms with E-state index in [0.717, 1.165) is 6.54 Å². The van der Waals surface area contributed by atoms with Gasteiger partial charge in [0.05, 0.1) is 0 Å². The van der Waals surface area contributed by atoms with Crippen LogP contribution in [0.1, 0.15) is 31.5 Å². The van der Waals surface area contributed by atoms with Crippen molar-refractivity contribution in [3.63, 3.8) is 0 Å². The molecule has 1 fully saturated rings. The average Bonchev–Trinajstić information content (AvgIpc) is 2.88. The van der Waals surface area contributed by atoms with Crippen molar-refractivity contribution in [1.82, 2.24) is 14.8 Å². The molecular weight excluding hydrogens is 194 g/mol. The van der Waals surface area contributed by atoms with Crippen molar-refractivity contribution in [1.29, 1.82) is 0 Å². The predicted molar refractivity (Wildman–Crippen MR) is 54.5 cm³/mol. The molecule has 0 spiro atoms. The van der Waals surface area contributed by atoms with Crippen LogP contribution in [0.4, 0.5) is 0 Å². The molecule has 2 rings (SSSR count). The highest BCUT2D eigenvalue weighted by atomic mass is 16.4. The van der Waals surface area contributed by atoms with Crippen molar-refractivity contribution in [2.24, 2.45) is 16.8 Å². The van der Waals surface area contributed by atoms with Crippen LogP contribution >= 0.6 is 0 Å². The average molecular weight is 209 g/mol. The van der Waals surface area contributed by atoms with Crippen LogP contribution in [0.15, 0.2) is 11.5 Å². The lowest BCUT2D eigenvalue weighted by molar-refractivity contribution is 0.318. The van der Waals surface area contributed by atoms with Crippen LogP contribution in [0.2, 0.25) is 0 Å². The Hall–Kier alpha value is -1.59. The quantitative estimate of drug-likeness (QED) is 0.329. The number of nitrogens with zero attached hydrogens (tertiary/aromatic N) is 4. The Bertz CT molecular complexity index is 353. The third-order valence-electron chi connectivity index (χ3n) is 2.79. The Labute approximate surface area is 87.8 Å². The van der Waals surface area contributed by atoms with E-state index in [-0.39, 0.29) is 11.7 Å². The monoisotopic (exact) mass is 209 g/mol. The summed E-state index contributed by atoms with van der Waals surface area (Å²) in [5, 5.41) is 15.4. The summed E-state index contributed by atoms with van der Waals surface area (Å²) in [5.41, 5.74) is 5.38. The van der Waals surface area contributed by atoms with Crippen molar-refractivity contribution in [3.05, 3.63) is 12.2 Å². The van der Waals surface area contributed by atoms with Gasteiger partial charge >= 0.3 is 0 Å². The van der Waals surface area contributed by atoms with Crippen molar-refractivity contribution in [2.45, 2.75) is 32.2 Å². The third kappa shape index (κ3) is 2.26. The predicted octanol–water partition coefficient (Wildman–Crippen LogP) is 0.563. The van der Waals surface area contributed by atoms with Gasteiger partial charge in [-0.3, -0.25) is 4.68 Å². The molecule has 0 aliphatic heterocycles. The zero-order valence-electron chi connectivity index (χ0n) is 8.50. The van der Waals surface area contributed by atoms with Gasteiger partial charge in [-0.25, -0.2) is 4.98 Å². The number of hydrogen-bond donors (Lipinski definition) is 2. The van der Waals surface area contributed by atoms with E-state index < -0.39 is 0 Å². The van der Waals surface area contributed by atoms with Crippen LogP contribution in [-0.2, 0) is 6.54 Å². The maximum Gasteiger partial charge on any atom is 0.219 e. The van der Waals surface area contributed by atoms with E-state index >= 15 is 0 Å². The molecule has 1 saturated carbocycles. The van der Waals surface area contributed by atoms with Gasteiger partial charge in [-0.2, -0.15) is 0 Å². The molecule has 6 heteroatoms.